The fourth-order valence-corrected chi connectivity index (χ4v) is 2.53. The zero-order valence-electron chi connectivity index (χ0n) is 12.1. The second-order valence-electron chi connectivity index (χ2n) is 5.85. The highest BCUT2D eigenvalue weighted by molar-refractivity contribution is 6.03. The van der Waals surface area contributed by atoms with Gasteiger partial charge in [-0.2, -0.15) is 0 Å². The minimum Gasteiger partial charge on any atom is -0.481 e. The van der Waals surface area contributed by atoms with E-state index in [4.69, 9.17) is 0 Å². The minimum atomic E-state index is -0.865. The summed E-state index contributed by atoms with van der Waals surface area (Å²) in [6.07, 6.45) is 0.715. The van der Waals surface area contributed by atoms with Crippen molar-refractivity contribution in [2.45, 2.75) is 32.7 Å². The predicted molar refractivity (Wildman–Crippen MR) is 71.3 cm³/mol. The van der Waals surface area contributed by atoms with Crippen molar-refractivity contribution in [3.63, 3.8) is 0 Å². The summed E-state index contributed by atoms with van der Waals surface area (Å²) in [7, 11) is 0. The van der Waals surface area contributed by atoms with E-state index in [-0.39, 0.29) is 6.54 Å². The number of carbonyl (C=O) groups is 4. The van der Waals surface area contributed by atoms with E-state index in [1.807, 2.05) is 0 Å². The third kappa shape index (κ3) is 2.84. The second-order valence-corrected chi connectivity index (χ2v) is 5.85. The van der Waals surface area contributed by atoms with Crippen molar-refractivity contribution in [2.24, 2.45) is 5.41 Å². The molecule has 2 N–H and O–H groups in total. The number of piperazine rings is 1. The molecule has 0 aromatic carbocycles. The highest BCUT2D eigenvalue weighted by Gasteiger charge is 2.41. The maximum absolute atomic E-state index is 12.4. The number of hydrogen-bond donors (Lipinski definition) is 2. The molecule has 2 aliphatic heterocycles. The number of amides is 4. The van der Waals surface area contributed by atoms with Crippen LogP contribution in [0.15, 0.2) is 0 Å². The maximum atomic E-state index is 12.4. The molecule has 1 unspecified atom stereocenters. The lowest BCUT2D eigenvalue weighted by Crippen LogP contribution is -2.62. The van der Waals surface area contributed by atoms with E-state index in [0.29, 0.717) is 25.9 Å². The Balaban J connectivity index is 2.03. The highest BCUT2D eigenvalue weighted by Crippen LogP contribution is 2.31. The number of likely N-dealkylation sites (tertiary alicyclic amines) is 1. The molecule has 0 bridgehead atoms. The first-order valence-electron chi connectivity index (χ1n) is 6.87. The number of aliphatic carboxylic acids is 1. The van der Waals surface area contributed by atoms with E-state index in [1.165, 1.54) is 9.80 Å². The molecule has 4 amide bonds. The van der Waals surface area contributed by atoms with Gasteiger partial charge in [0, 0.05) is 13.1 Å². The molecule has 2 saturated heterocycles. The number of hydrogen-bond acceptors (Lipinski definition) is 4. The normalized spacial score (nSPS) is 25.5. The quantitative estimate of drug-likeness (QED) is 0.643. The van der Waals surface area contributed by atoms with Crippen molar-refractivity contribution in [2.75, 3.05) is 19.6 Å². The fraction of sp³-hybridized carbons (Fsp3) is 0.692. The largest absolute Gasteiger partial charge is 0.481 e. The monoisotopic (exact) mass is 297 g/mol. The summed E-state index contributed by atoms with van der Waals surface area (Å²) in [6.45, 7) is 3.68. The molecule has 0 spiro atoms. The molecular weight excluding hydrogens is 278 g/mol. The summed E-state index contributed by atoms with van der Waals surface area (Å²) in [6, 6.07) is -1.10. The van der Waals surface area contributed by atoms with Crippen molar-refractivity contribution in [1.82, 2.24) is 15.1 Å². The van der Waals surface area contributed by atoms with Crippen LogP contribution in [0.2, 0.25) is 0 Å². The van der Waals surface area contributed by atoms with Crippen molar-refractivity contribution in [1.29, 1.82) is 0 Å². The zero-order valence-corrected chi connectivity index (χ0v) is 12.1. The molecule has 0 aromatic heterocycles. The lowest BCUT2D eigenvalue weighted by Gasteiger charge is -2.40. The molecule has 0 aromatic rings. The molecule has 8 nitrogen and oxygen atoms in total. The van der Waals surface area contributed by atoms with E-state index in [1.54, 1.807) is 13.8 Å². The van der Waals surface area contributed by atoms with Gasteiger partial charge in [0.15, 0.2) is 0 Å². The summed E-state index contributed by atoms with van der Waals surface area (Å²) >= 11 is 0. The number of nitrogens with one attached hydrogen (secondary N) is 1. The molecule has 8 heteroatoms. The molecule has 2 rings (SSSR count). The van der Waals surface area contributed by atoms with E-state index in [9.17, 15) is 24.3 Å². The number of carboxylic acids is 1. The van der Waals surface area contributed by atoms with Crippen LogP contribution in [0.5, 0.6) is 0 Å². The summed E-state index contributed by atoms with van der Waals surface area (Å²) in [5, 5.41) is 11.3. The first-order valence-corrected chi connectivity index (χ1v) is 6.87. The summed E-state index contributed by atoms with van der Waals surface area (Å²) in [5.74, 6) is -1.86. The van der Waals surface area contributed by atoms with E-state index in [2.05, 4.69) is 5.32 Å². The number of piperidine rings is 1. The topological polar surface area (TPSA) is 107 Å². The fourth-order valence-electron chi connectivity index (χ4n) is 2.53. The van der Waals surface area contributed by atoms with E-state index in [0.717, 1.165) is 0 Å². The van der Waals surface area contributed by atoms with Gasteiger partial charge < -0.3 is 14.9 Å². The standard InChI is InChI=1S/C13H19N3O5/c1-8-10(18)14-9(17)7-16(8)12(21)15-5-3-13(2,4-6-15)11(19)20/h8H,3-7H2,1-2H3,(H,19,20)(H,14,17,18). The number of imide groups is 1. The molecule has 21 heavy (non-hydrogen) atoms. The van der Waals surface area contributed by atoms with Crippen molar-refractivity contribution >= 4 is 23.8 Å². The van der Waals surface area contributed by atoms with Crippen molar-refractivity contribution in [3.05, 3.63) is 0 Å². The van der Waals surface area contributed by atoms with Gasteiger partial charge >= 0.3 is 12.0 Å². The average molecular weight is 297 g/mol. The van der Waals surface area contributed by atoms with Gasteiger partial charge in [-0.15, -0.1) is 0 Å². The molecular formula is C13H19N3O5. The Labute approximate surface area is 122 Å². The van der Waals surface area contributed by atoms with Gasteiger partial charge in [-0.3, -0.25) is 19.7 Å². The number of urea groups is 1. The Bertz CT molecular complexity index is 496. The van der Waals surface area contributed by atoms with Crippen molar-refractivity contribution < 1.29 is 24.3 Å². The van der Waals surface area contributed by atoms with Crippen LogP contribution >= 0.6 is 0 Å². The van der Waals surface area contributed by atoms with Crippen LogP contribution in [0.4, 0.5) is 4.79 Å². The number of carboxylic acid groups (broad SMARTS) is 1. The second kappa shape index (κ2) is 5.34. The minimum absolute atomic E-state index is 0.154. The van der Waals surface area contributed by atoms with Gasteiger partial charge in [0.1, 0.15) is 12.6 Å². The molecule has 0 aliphatic carbocycles. The number of rotatable bonds is 1. The van der Waals surface area contributed by atoms with Gasteiger partial charge in [-0.05, 0) is 26.7 Å². The Hall–Kier alpha value is -2.12. The van der Waals surface area contributed by atoms with Gasteiger partial charge in [0.2, 0.25) is 11.8 Å². The molecule has 1 atom stereocenters. The van der Waals surface area contributed by atoms with Crippen LogP contribution < -0.4 is 5.32 Å². The molecule has 0 saturated carbocycles. The van der Waals surface area contributed by atoms with E-state index < -0.39 is 35.3 Å². The third-order valence-corrected chi connectivity index (χ3v) is 4.32. The SMILES string of the molecule is CC1C(=O)NC(=O)CN1C(=O)N1CCC(C)(C(=O)O)CC1. The van der Waals surface area contributed by atoms with Crippen molar-refractivity contribution in [3.8, 4) is 0 Å². The van der Waals surface area contributed by atoms with Gasteiger partial charge in [0.25, 0.3) is 0 Å². The molecule has 2 aliphatic rings. The summed E-state index contributed by atoms with van der Waals surface area (Å²) < 4.78 is 0. The van der Waals surface area contributed by atoms with Gasteiger partial charge in [0.05, 0.1) is 5.41 Å². The first kappa shape index (κ1) is 15.3. The van der Waals surface area contributed by atoms with Gasteiger partial charge in [-0.1, -0.05) is 0 Å². The summed E-state index contributed by atoms with van der Waals surface area (Å²) in [4.78, 5) is 49.3. The van der Waals surface area contributed by atoms with Crippen LogP contribution in [-0.2, 0) is 14.4 Å². The molecule has 116 valence electrons. The zero-order chi connectivity index (χ0) is 15.8. The third-order valence-electron chi connectivity index (χ3n) is 4.32. The molecule has 2 fully saturated rings. The highest BCUT2D eigenvalue weighted by atomic mass is 16.4. The molecule has 0 radical (unpaired) electrons. The maximum Gasteiger partial charge on any atom is 0.321 e. The van der Waals surface area contributed by atoms with E-state index >= 15 is 0 Å². The molecule has 2 heterocycles. The Morgan fingerprint density at radius 2 is 1.86 bits per heavy atom. The number of nitrogens with zero attached hydrogens (tertiary/aromatic N) is 2. The van der Waals surface area contributed by atoms with Gasteiger partial charge in [-0.25, -0.2) is 4.79 Å². The smallest absolute Gasteiger partial charge is 0.321 e. The Kier molecular flexibility index (Phi) is 3.89. The average Bonchev–Trinajstić information content (AvgIpc) is 2.42. The number of carbonyl (C=O) groups excluding carboxylic acids is 3. The lowest BCUT2D eigenvalue weighted by molar-refractivity contribution is -0.150. The van der Waals surface area contributed by atoms with Crippen LogP contribution in [0, 0.1) is 5.41 Å². The lowest BCUT2D eigenvalue weighted by atomic mass is 9.80. The van der Waals surface area contributed by atoms with Crippen LogP contribution in [-0.4, -0.2) is 64.4 Å². The predicted octanol–water partition coefficient (Wildman–Crippen LogP) is -0.360. The van der Waals surface area contributed by atoms with Crippen LogP contribution in [0.3, 0.4) is 0 Å². The summed E-state index contributed by atoms with van der Waals surface area (Å²) in [5.41, 5.74) is -0.822. The first-order chi connectivity index (χ1) is 9.74. The van der Waals surface area contributed by atoms with Crippen LogP contribution in [0.1, 0.15) is 26.7 Å². The van der Waals surface area contributed by atoms with Crippen LogP contribution in [0.25, 0.3) is 0 Å². The Morgan fingerprint density at radius 3 is 2.38 bits per heavy atom. The Morgan fingerprint density at radius 1 is 1.29 bits per heavy atom.